The number of piperidine rings is 1. The molecule has 1 saturated heterocycles. The Morgan fingerprint density at radius 2 is 1.94 bits per heavy atom. The molecule has 34 heavy (non-hydrogen) atoms. The summed E-state index contributed by atoms with van der Waals surface area (Å²) in [6.07, 6.45) is 10.0. The van der Waals surface area contributed by atoms with Gasteiger partial charge < -0.3 is 15.2 Å². The average molecular weight is 463 g/mol. The number of hydrogen-bond acceptors (Lipinski definition) is 9. The van der Waals surface area contributed by atoms with Crippen molar-refractivity contribution in [3.05, 3.63) is 36.5 Å². The number of nitrogens with two attached hydrogens (primary N) is 1. The largest absolute Gasteiger partial charge is 0.490 e. The summed E-state index contributed by atoms with van der Waals surface area (Å²) in [5.74, 6) is 1.48. The maximum absolute atomic E-state index is 12.7. The third kappa shape index (κ3) is 4.65. The number of anilines is 1. The van der Waals surface area contributed by atoms with Gasteiger partial charge in [-0.2, -0.15) is 0 Å². The summed E-state index contributed by atoms with van der Waals surface area (Å²) in [5, 5.41) is 0. The highest BCUT2D eigenvalue weighted by Crippen LogP contribution is 2.47. The van der Waals surface area contributed by atoms with Crippen LogP contribution >= 0.6 is 0 Å². The predicted molar refractivity (Wildman–Crippen MR) is 128 cm³/mol. The molecule has 0 amide bonds. The Morgan fingerprint density at radius 1 is 1.15 bits per heavy atom. The Morgan fingerprint density at radius 3 is 2.68 bits per heavy atom. The van der Waals surface area contributed by atoms with E-state index < -0.39 is 0 Å². The molecule has 2 aromatic heterocycles. The summed E-state index contributed by atoms with van der Waals surface area (Å²) >= 11 is 0. The molecule has 0 spiro atoms. The van der Waals surface area contributed by atoms with Gasteiger partial charge in [-0.1, -0.05) is 6.42 Å². The second-order valence-electron chi connectivity index (χ2n) is 9.51. The predicted octanol–water partition coefficient (Wildman–Crippen LogP) is 3.16. The number of aryl methyl sites for hydroxylation is 1. The molecule has 0 radical (unpaired) electrons. The maximum Gasteiger partial charge on any atom is 0.323 e. The Labute approximate surface area is 198 Å². The average Bonchev–Trinajstić information content (AvgIpc) is 3.62. The van der Waals surface area contributed by atoms with Crippen molar-refractivity contribution in [1.29, 1.82) is 0 Å². The number of aromatic nitrogens is 4. The Balaban J connectivity index is 1.35. The van der Waals surface area contributed by atoms with Crippen LogP contribution in [0.25, 0.3) is 22.2 Å². The van der Waals surface area contributed by atoms with E-state index >= 15 is 0 Å². The van der Waals surface area contributed by atoms with Crippen molar-refractivity contribution in [2.75, 3.05) is 32.5 Å². The molecular formula is C25H30N6O3. The van der Waals surface area contributed by atoms with Gasteiger partial charge in [-0.25, -0.2) is 15.0 Å². The molecule has 0 bridgehead atoms. The summed E-state index contributed by atoms with van der Waals surface area (Å²) in [7, 11) is 1.99. The highest BCUT2D eigenvalue weighted by molar-refractivity contribution is 5.90. The van der Waals surface area contributed by atoms with Crippen molar-refractivity contribution in [3.63, 3.8) is 0 Å². The van der Waals surface area contributed by atoms with Gasteiger partial charge in [0.2, 0.25) is 0 Å². The van der Waals surface area contributed by atoms with Crippen LogP contribution in [0.4, 0.5) is 5.82 Å². The lowest BCUT2D eigenvalue weighted by Crippen LogP contribution is -2.43. The number of ether oxygens (including phenoxy) is 2. The Kier molecular flexibility index (Phi) is 6.03. The monoisotopic (exact) mass is 462 g/mol. The summed E-state index contributed by atoms with van der Waals surface area (Å²) in [4.78, 5) is 32.3. The van der Waals surface area contributed by atoms with Crippen LogP contribution in [0.15, 0.2) is 30.7 Å². The van der Waals surface area contributed by atoms with E-state index in [9.17, 15) is 4.79 Å². The third-order valence-corrected chi connectivity index (χ3v) is 6.82. The first-order chi connectivity index (χ1) is 16.4. The number of likely N-dealkylation sites (tertiary alicyclic amines) is 1. The number of carbonyl (C=O) groups excluding carboxylic acids is 1. The molecular weight excluding hydrogens is 432 g/mol. The van der Waals surface area contributed by atoms with E-state index in [1.165, 1.54) is 6.20 Å². The van der Waals surface area contributed by atoms with Crippen molar-refractivity contribution in [2.45, 2.75) is 45.1 Å². The smallest absolute Gasteiger partial charge is 0.323 e. The molecule has 5 rings (SSSR count). The highest BCUT2D eigenvalue weighted by atomic mass is 16.5. The molecule has 2 N–H and O–H groups in total. The van der Waals surface area contributed by atoms with E-state index in [1.54, 1.807) is 12.4 Å². The molecule has 178 valence electrons. The second-order valence-corrected chi connectivity index (χ2v) is 9.51. The van der Waals surface area contributed by atoms with Gasteiger partial charge in [0.15, 0.2) is 5.75 Å². The van der Waals surface area contributed by atoms with Crippen LogP contribution in [0.5, 0.6) is 5.75 Å². The number of nitrogen functional groups attached to an aromatic ring is 1. The van der Waals surface area contributed by atoms with Crippen molar-refractivity contribution >= 4 is 22.8 Å². The number of benzene rings is 1. The number of likely N-dealkylation sites (N-methyl/N-ethyl adjacent to an activating group) is 1. The highest BCUT2D eigenvalue weighted by Gasteiger charge is 2.46. The molecule has 9 nitrogen and oxygen atoms in total. The summed E-state index contributed by atoms with van der Waals surface area (Å²) < 4.78 is 12.2. The Bertz CT molecular complexity index is 1200. The lowest BCUT2D eigenvalue weighted by molar-refractivity contribution is -0.153. The van der Waals surface area contributed by atoms with E-state index in [1.807, 2.05) is 26.1 Å². The normalized spacial score (nSPS) is 19.6. The van der Waals surface area contributed by atoms with E-state index in [0.717, 1.165) is 49.8 Å². The van der Waals surface area contributed by atoms with Gasteiger partial charge in [-0.15, -0.1) is 0 Å². The van der Waals surface area contributed by atoms with E-state index in [4.69, 9.17) is 15.2 Å². The van der Waals surface area contributed by atoms with Crippen LogP contribution in [0.3, 0.4) is 0 Å². The standard InChI is InChI=1S/C25H30N6O3/c1-16-27-11-17(12-28-16)18-6-7-19-22(30-21(26)13-29-19)23(18)33-14-25(8-9-25)15-34-24(32)20-5-3-4-10-31(20)2/h6-7,11-13,20H,3-5,8-10,14-15H2,1-2H3,(H2,26,30)/t20-/m0/s1. The SMILES string of the molecule is Cc1ncc(-c2ccc3ncc(N)nc3c2OCC2(COC(=O)[C@@H]3CCCCN3C)CC2)cn1. The topological polar surface area (TPSA) is 116 Å². The lowest BCUT2D eigenvalue weighted by atomic mass is 10.0. The molecule has 1 saturated carbocycles. The van der Waals surface area contributed by atoms with Gasteiger partial charge >= 0.3 is 5.97 Å². The minimum Gasteiger partial charge on any atom is -0.490 e. The van der Waals surface area contributed by atoms with Crippen molar-refractivity contribution < 1.29 is 14.3 Å². The fourth-order valence-electron chi connectivity index (χ4n) is 4.40. The zero-order valence-electron chi connectivity index (χ0n) is 19.7. The number of carbonyl (C=O) groups is 1. The molecule has 1 aliphatic heterocycles. The maximum atomic E-state index is 12.7. The number of nitrogens with zero attached hydrogens (tertiary/aromatic N) is 5. The minimum atomic E-state index is -0.181. The fourth-order valence-corrected chi connectivity index (χ4v) is 4.40. The van der Waals surface area contributed by atoms with Gasteiger partial charge in [0.1, 0.15) is 29.8 Å². The first-order valence-corrected chi connectivity index (χ1v) is 11.8. The van der Waals surface area contributed by atoms with Gasteiger partial charge in [-0.3, -0.25) is 14.7 Å². The number of esters is 1. The van der Waals surface area contributed by atoms with Crippen LogP contribution in [0.2, 0.25) is 0 Å². The molecule has 3 heterocycles. The fraction of sp³-hybridized carbons (Fsp3) is 0.480. The molecule has 2 aliphatic rings. The van der Waals surface area contributed by atoms with Gasteiger partial charge in [0.05, 0.1) is 18.3 Å². The van der Waals surface area contributed by atoms with Crippen LogP contribution in [0, 0.1) is 12.3 Å². The van der Waals surface area contributed by atoms with Gasteiger partial charge in [0.25, 0.3) is 0 Å². The molecule has 1 aliphatic carbocycles. The third-order valence-electron chi connectivity index (χ3n) is 6.82. The molecule has 9 heteroatoms. The molecule has 2 fully saturated rings. The first kappa shape index (κ1) is 22.5. The van der Waals surface area contributed by atoms with E-state index in [2.05, 4.69) is 24.8 Å². The molecule has 3 aromatic rings. The van der Waals surface area contributed by atoms with Crippen LogP contribution in [-0.4, -0.2) is 63.7 Å². The zero-order chi connectivity index (χ0) is 23.7. The molecule has 1 aromatic carbocycles. The van der Waals surface area contributed by atoms with Crippen molar-refractivity contribution in [3.8, 4) is 16.9 Å². The van der Waals surface area contributed by atoms with Crippen molar-refractivity contribution in [2.24, 2.45) is 5.41 Å². The Hall–Kier alpha value is -3.33. The zero-order valence-corrected chi connectivity index (χ0v) is 19.7. The molecule has 0 unspecified atom stereocenters. The number of hydrogen-bond donors (Lipinski definition) is 1. The van der Waals surface area contributed by atoms with E-state index in [-0.39, 0.29) is 17.4 Å². The van der Waals surface area contributed by atoms with Crippen molar-refractivity contribution in [1.82, 2.24) is 24.8 Å². The first-order valence-electron chi connectivity index (χ1n) is 11.8. The van der Waals surface area contributed by atoms with Crippen LogP contribution < -0.4 is 10.5 Å². The summed E-state index contributed by atoms with van der Waals surface area (Å²) in [5.41, 5.74) is 8.69. The number of fused-ring (bicyclic) bond motifs is 1. The minimum absolute atomic E-state index is 0.130. The number of rotatable bonds is 7. The lowest BCUT2D eigenvalue weighted by Gasteiger charge is -2.31. The second kappa shape index (κ2) is 9.13. The van der Waals surface area contributed by atoms with Gasteiger partial charge in [0, 0.05) is 28.9 Å². The van der Waals surface area contributed by atoms with Crippen LogP contribution in [0.1, 0.15) is 37.9 Å². The van der Waals surface area contributed by atoms with Crippen LogP contribution in [-0.2, 0) is 9.53 Å². The molecule has 1 atom stereocenters. The van der Waals surface area contributed by atoms with Gasteiger partial charge in [-0.05, 0) is 58.3 Å². The van der Waals surface area contributed by atoms with E-state index in [0.29, 0.717) is 41.6 Å². The summed E-state index contributed by atoms with van der Waals surface area (Å²) in [6, 6.07) is 3.68. The quantitative estimate of drug-likeness (QED) is 0.528. The summed E-state index contributed by atoms with van der Waals surface area (Å²) in [6.45, 7) is 3.55.